The van der Waals surface area contributed by atoms with Crippen LogP contribution in [0.3, 0.4) is 0 Å². The van der Waals surface area contributed by atoms with Crippen molar-refractivity contribution in [1.29, 1.82) is 0 Å². The molecule has 3 aliphatic rings. The quantitative estimate of drug-likeness (QED) is 0.288. The number of carbonyl (C=O) groups excluding carboxylic acids is 4. The highest BCUT2D eigenvalue weighted by Gasteiger charge is 2.57. The van der Waals surface area contributed by atoms with Crippen LogP contribution in [0.2, 0.25) is 0 Å². The van der Waals surface area contributed by atoms with Crippen LogP contribution in [0, 0.1) is 23.7 Å². The number of aliphatic hydroxyl groups is 1. The highest BCUT2D eigenvalue weighted by Crippen LogP contribution is 2.40. The summed E-state index contributed by atoms with van der Waals surface area (Å²) in [5.41, 5.74) is -1.72. The van der Waals surface area contributed by atoms with Gasteiger partial charge in [0.2, 0.25) is 0 Å². The van der Waals surface area contributed by atoms with Crippen molar-refractivity contribution < 1.29 is 48.0 Å². The van der Waals surface area contributed by atoms with Gasteiger partial charge >= 0.3 is 12.1 Å². The van der Waals surface area contributed by atoms with Crippen LogP contribution in [-0.4, -0.2) is 108 Å². The van der Waals surface area contributed by atoms with Gasteiger partial charge in [-0.1, -0.05) is 70.2 Å². The number of Topliss-reactive ketones (excluding diaryl/α,β-unsaturated/α-hetero) is 2. The number of amides is 1. The van der Waals surface area contributed by atoms with Gasteiger partial charge in [0.1, 0.15) is 23.9 Å². The molecule has 2 N–H and O–H groups in total. The molecule has 0 bridgehead atoms. The summed E-state index contributed by atoms with van der Waals surface area (Å²) >= 11 is 0. The second kappa shape index (κ2) is 16.7. The van der Waals surface area contributed by atoms with E-state index in [2.05, 4.69) is 5.32 Å². The van der Waals surface area contributed by atoms with E-state index < -0.39 is 83.4 Å². The van der Waals surface area contributed by atoms with Crippen molar-refractivity contribution in [2.75, 3.05) is 20.7 Å². The van der Waals surface area contributed by atoms with E-state index in [0.717, 1.165) is 5.56 Å². The number of likely N-dealkylation sites (N-methyl/N-ethyl adjacent to an activating group) is 1. The number of fused-ring (bicyclic) bond motifs is 1. The Morgan fingerprint density at radius 3 is 2.29 bits per heavy atom. The summed E-state index contributed by atoms with van der Waals surface area (Å²) in [5.74, 6) is -5.01. The molecular weight excluding hydrogens is 656 g/mol. The summed E-state index contributed by atoms with van der Waals surface area (Å²) in [6.07, 6.45) is -0.470. The second-order valence-electron chi connectivity index (χ2n) is 15.3. The van der Waals surface area contributed by atoms with Crippen LogP contribution in [0.1, 0.15) is 80.2 Å². The van der Waals surface area contributed by atoms with Crippen LogP contribution in [0.4, 0.5) is 4.79 Å². The number of hydrogen-bond donors (Lipinski definition) is 2. The van der Waals surface area contributed by atoms with Gasteiger partial charge in [0.15, 0.2) is 17.7 Å². The van der Waals surface area contributed by atoms with E-state index in [1.807, 2.05) is 68.4 Å². The fourth-order valence-electron chi connectivity index (χ4n) is 8.11. The standard InChI is InChI=1S/C39H58N2O10/c1-11-29-39(8)33(40-37(46)51-39)24(4)30(42)22(2)21-38(7,47-19-15-18-27-16-13-12-14-17-27)34(25(5)31(43)26(6)35(45)49-29)50-36-32(44)28(41(9)10)20-23(3)48-36/h12-18,22-26,28-29,32-34,36,44H,11,19-21H2,1-10H3,(H,40,46)/b18-15+/t22-,23-,24+,25+,26-,28+,29-,32-,33-,34-,36+,38-,39-/m1/s1. The lowest BCUT2D eigenvalue weighted by Crippen LogP contribution is -2.60. The molecule has 3 fully saturated rings. The summed E-state index contributed by atoms with van der Waals surface area (Å²) < 4.78 is 31.2. The lowest BCUT2D eigenvalue weighted by Gasteiger charge is -2.47. The third kappa shape index (κ3) is 8.90. The number of esters is 1. The molecule has 3 saturated heterocycles. The molecule has 3 aliphatic heterocycles. The summed E-state index contributed by atoms with van der Waals surface area (Å²) in [4.78, 5) is 56.9. The molecule has 1 aromatic rings. The highest BCUT2D eigenvalue weighted by molar-refractivity contribution is 6.00. The van der Waals surface area contributed by atoms with Gasteiger partial charge in [0.05, 0.1) is 30.5 Å². The zero-order chi connectivity index (χ0) is 37.8. The monoisotopic (exact) mass is 714 g/mol. The molecule has 0 saturated carbocycles. The van der Waals surface area contributed by atoms with Gasteiger partial charge in [-0.15, -0.1) is 0 Å². The number of ketones is 2. The molecule has 12 nitrogen and oxygen atoms in total. The van der Waals surface area contributed by atoms with Gasteiger partial charge in [-0.05, 0) is 66.6 Å². The zero-order valence-electron chi connectivity index (χ0n) is 31.8. The van der Waals surface area contributed by atoms with E-state index in [4.69, 9.17) is 23.7 Å². The number of aliphatic hydroxyl groups excluding tert-OH is 1. The predicted octanol–water partition coefficient (Wildman–Crippen LogP) is 4.56. The third-order valence-corrected chi connectivity index (χ3v) is 11.1. The minimum absolute atomic E-state index is 0.105. The van der Waals surface area contributed by atoms with Crippen molar-refractivity contribution in [2.45, 2.75) is 129 Å². The molecule has 3 heterocycles. The molecular formula is C39H58N2O10. The van der Waals surface area contributed by atoms with Gasteiger partial charge < -0.3 is 39.0 Å². The van der Waals surface area contributed by atoms with Crippen LogP contribution >= 0.6 is 0 Å². The molecule has 0 aliphatic carbocycles. The Morgan fingerprint density at radius 1 is 1.00 bits per heavy atom. The first kappa shape index (κ1) is 40.6. The molecule has 51 heavy (non-hydrogen) atoms. The molecule has 4 rings (SSSR count). The molecule has 1 amide bonds. The maximum atomic E-state index is 14.3. The maximum Gasteiger partial charge on any atom is 0.408 e. The fourth-order valence-corrected chi connectivity index (χ4v) is 8.11. The van der Waals surface area contributed by atoms with Crippen molar-refractivity contribution in [3.8, 4) is 0 Å². The molecule has 0 aromatic heterocycles. The molecule has 13 atom stereocenters. The minimum Gasteiger partial charge on any atom is -0.458 e. The van der Waals surface area contributed by atoms with Gasteiger partial charge in [-0.25, -0.2) is 4.79 Å². The summed E-state index contributed by atoms with van der Waals surface area (Å²) in [7, 11) is 3.74. The van der Waals surface area contributed by atoms with E-state index >= 15 is 0 Å². The summed E-state index contributed by atoms with van der Waals surface area (Å²) in [6, 6.07) is 8.61. The van der Waals surface area contributed by atoms with Crippen LogP contribution in [0.5, 0.6) is 0 Å². The maximum absolute atomic E-state index is 14.3. The van der Waals surface area contributed by atoms with Crippen molar-refractivity contribution in [3.63, 3.8) is 0 Å². The molecule has 0 spiro atoms. The topological polar surface area (TPSA) is 150 Å². The van der Waals surface area contributed by atoms with Gasteiger partial charge in [0.25, 0.3) is 0 Å². The van der Waals surface area contributed by atoms with Crippen LogP contribution in [-0.2, 0) is 38.1 Å². The number of benzene rings is 1. The Morgan fingerprint density at radius 2 is 1.67 bits per heavy atom. The number of rotatable bonds is 8. The van der Waals surface area contributed by atoms with E-state index in [1.165, 1.54) is 6.92 Å². The van der Waals surface area contributed by atoms with Crippen LogP contribution in [0.15, 0.2) is 36.4 Å². The predicted molar refractivity (Wildman–Crippen MR) is 190 cm³/mol. The molecule has 12 heteroatoms. The Balaban J connectivity index is 1.80. The average Bonchev–Trinajstić information content (AvgIpc) is 3.41. The number of cyclic esters (lactones) is 1. The third-order valence-electron chi connectivity index (χ3n) is 11.1. The van der Waals surface area contributed by atoms with Crippen molar-refractivity contribution >= 4 is 29.7 Å². The fraction of sp³-hybridized carbons (Fsp3) is 0.692. The van der Waals surface area contributed by atoms with E-state index in [1.54, 1.807) is 41.5 Å². The average molecular weight is 715 g/mol. The number of ether oxygens (including phenoxy) is 5. The van der Waals surface area contributed by atoms with Crippen molar-refractivity contribution in [2.24, 2.45) is 23.7 Å². The lowest BCUT2D eigenvalue weighted by atomic mass is 9.73. The first-order valence-corrected chi connectivity index (χ1v) is 18.2. The molecule has 284 valence electrons. The number of hydrogen-bond acceptors (Lipinski definition) is 11. The highest BCUT2D eigenvalue weighted by atomic mass is 16.7. The van der Waals surface area contributed by atoms with E-state index in [-0.39, 0.29) is 37.4 Å². The number of carbonyl (C=O) groups is 4. The van der Waals surface area contributed by atoms with Crippen LogP contribution < -0.4 is 5.32 Å². The number of nitrogens with zero attached hydrogens (tertiary/aromatic N) is 1. The number of alkyl carbamates (subject to hydrolysis) is 1. The minimum atomic E-state index is -1.36. The second-order valence-corrected chi connectivity index (χ2v) is 15.3. The molecule has 0 radical (unpaired) electrons. The Hall–Kier alpha value is -3.16. The summed E-state index contributed by atoms with van der Waals surface area (Å²) in [6.45, 7) is 13.9. The molecule has 0 unspecified atom stereocenters. The first-order chi connectivity index (χ1) is 23.9. The first-order valence-electron chi connectivity index (χ1n) is 18.2. The normalized spacial score (nSPS) is 40.0. The Labute approximate surface area is 302 Å². The Bertz CT molecular complexity index is 1420. The SMILES string of the molecule is CC[C@H]1OC(=O)[C@H](C)C(=O)[C@H](C)[C@@H](O[C@@H]2O[C@H](C)C[C@H](N(C)C)[C@H]2O)[C@](C)(OC/C=C/c2ccccc2)C[C@@H](C)C(=O)[C@H](C)[C@H]2NC(=O)O[C@@]21C. The smallest absolute Gasteiger partial charge is 0.408 e. The van der Waals surface area contributed by atoms with Gasteiger partial charge in [0, 0.05) is 23.8 Å². The van der Waals surface area contributed by atoms with Crippen molar-refractivity contribution in [1.82, 2.24) is 10.2 Å². The Kier molecular flexibility index (Phi) is 13.3. The molecule has 1 aromatic carbocycles. The lowest BCUT2D eigenvalue weighted by molar-refractivity contribution is -0.296. The van der Waals surface area contributed by atoms with Crippen molar-refractivity contribution in [3.05, 3.63) is 42.0 Å². The van der Waals surface area contributed by atoms with Gasteiger partial charge in [-0.3, -0.25) is 14.4 Å². The zero-order valence-corrected chi connectivity index (χ0v) is 31.8. The largest absolute Gasteiger partial charge is 0.458 e. The van der Waals surface area contributed by atoms with E-state index in [0.29, 0.717) is 6.42 Å². The van der Waals surface area contributed by atoms with Gasteiger partial charge in [-0.2, -0.15) is 0 Å². The van der Waals surface area contributed by atoms with E-state index in [9.17, 15) is 24.3 Å². The number of nitrogens with one attached hydrogen (secondary N) is 1. The summed E-state index contributed by atoms with van der Waals surface area (Å²) in [5, 5.41) is 14.3. The van der Waals surface area contributed by atoms with Crippen LogP contribution in [0.25, 0.3) is 6.08 Å².